The number of benzene rings is 2. The summed E-state index contributed by atoms with van der Waals surface area (Å²) in [6, 6.07) is 14.5. The minimum Gasteiger partial charge on any atom is -0.497 e. The molecule has 0 aliphatic rings. The van der Waals surface area contributed by atoms with Gasteiger partial charge in [-0.3, -0.25) is 9.78 Å². The van der Waals surface area contributed by atoms with Crippen LogP contribution in [0.4, 0.5) is 5.69 Å². The summed E-state index contributed by atoms with van der Waals surface area (Å²) < 4.78 is 5.07. The van der Waals surface area contributed by atoms with Gasteiger partial charge in [-0.2, -0.15) is 0 Å². The maximum Gasteiger partial charge on any atom is 0.275 e. The number of nitrogens with one attached hydrogen (secondary N) is 1. The van der Waals surface area contributed by atoms with Crippen LogP contribution < -0.4 is 10.1 Å². The Labute approximate surface area is 121 Å². The first-order chi connectivity index (χ1) is 10.3. The number of hydrogen-bond donors (Lipinski definition) is 1. The third-order valence-electron chi connectivity index (χ3n) is 3.03. The Morgan fingerprint density at radius 1 is 1.05 bits per heavy atom. The van der Waals surface area contributed by atoms with Gasteiger partial charge in [-0.25, -0.2) is 4.98 Å². The van der Waals surface area contributed by atoms with Gasteiger partial charge >= 0.3 is 0 Å². The Kier molecular flexibility index (Phi) is 3.47. The molecule has 1 amide bonds. The van der Waals surface area contributed by atoms with Crippen molar-refractivity contribution in [1.29, 1.82) is 0 Å². The van der Waals surface area contributed by atoms with Gasteiger partial charge in [0.1, 0.15) is 11.4 Å². The second kappa shape index (κ2) is 5.58. The summed E-state index contributed by atoms with van der Waals surface area (Å²) in [7, 11) is 1.60. The molecule has 0 radical (unpaired) electrons. The van der Waals surface area contributed by atoms with Crippen LogP contribution in [0.3, 0.4) is 0 Å². The molecule has 21 heavy (non-hydrogen) atoms. The minimum absolute atomic E-state index is 0.282. The summed E-state index contributed by atoms with van der Waals surface area (Å²) in [4.78, 5) is 20.7. The molecule has 0 saturated heterocycles. The molecular formula is C16H13N3O2. The molecule has 0 spiro atoms. The SMILES string of the molecule is COc1ccc(NC(=O)c2cnc3ccccc3n2)cc1. The number of anilines is 1. The monoisotopic (exact) mass is 279 g/mol. The van der Waals surface area contributed by atoms with E-state index in [1.54, 1.807) is 31.4 Å². The molecule has 0 bridgehead atoms. The van der Waals surface area contributed by atoms with E-state index in [2.05, 4.69) is 15.3 Å². The average Bonchev–Trinajstić information content (AvgIpc) is 2.55. The molecule has 0 unspecified atom stereocenters. The zero-order valence-electron chi connectivity index (χ0n) is 11.4. The van der Waals surface area contributed by atoms with E-state index in [4.69, 9.17) is 4.74 Å². The summed E-state index contributed by atoms with van der Waals surface area (Å²) in [5.74, 6) is 0.442. The Morgan fingerprint density at radius 3 is 2.48 bits per heavy atom. The standard InChI is InChI=1S/C16H13N3O2/c1-21-12-8-6-11(7-9-12)18-16(20)15-10-17-13-4-2-3-5-14(13)19-15/h2-10H,1H3,(H,18,20). The molecule has 5 heteroatoms. The van der Waals surface area contributed by atoms with Crippen LogP contribution in [-0.4, -0.2) is 23.0 Å². The summed E-state index contributed by atoms with van der Waals surface area (Å²) in [5.41, 5.74) is 2.42. The highest BCUT2D eigenvalue weighted by molar-refractivity contribution is 6.03. The highest BCUT2D eigenvalue weighted by atomic mass is 16.5. The van der Waals surface area contributed by atoms with E-state index in [1.165, 1.54) is 6.20 Å². The fourth-order valence-corrected chi connectivity index (χ4v) is 1.94. The van der Waals surface area contributed by atoms with E-state index >= 15 is 0 Å². The molecule has 3 rings (SSSR count). The summed E-state index contributed by atoms with van der Waals surface area (Å²) in [6.45, 7) is 0. The van der Waals surface area contributed by atoms with E-state index in [0.29, 0.717) is 11.2 Å². The average molecular weight is 279 g/mol. The van der Waals surface area contributed by atoms with Crippen molar-refractivity contribution in [3.63, 3.8) is 0 Å². The third-order valence-corrected chi connectivity index (χ3v) is 3.03. The van der Waals surface area contributed by atoms with Crippen LogP contribution in [0.2, 0.25) is 0 Å². The first-order valence-electron chi connectivity index (χ1n) is 6.43. The van der Waals surface area contributed by atoms with Gasteiger partial charge in [0.2, 0.25) is 0 Å². The van der Waals surface area contributed by atoms with Gasteiger partial charge in [-0.05, 0) is 36.4 Å². The second-order valence-corrected chi connectivity index (χ2v) is 4.43. The lowest BCUT2D eigenvalue weighted by molar-refractivity contribution is 0.102. The van der Waals surface area contributed by atoms with Gasteiger partial charge in [-0.1, -0.05) is 12.1 Å². The normalized spacial score (nSPS) is 10.3. The molecule has 104 valence electrons. The molecule has 1 N–H and O–H groups in total. The van der Waals surface area contributed by atoms with Crippen molar-refractivity contribution in [2.24, 2.45) is 0 Å². The van der Waals surface area contributed by atoms with Crippen molar-refractivity contribution in [1.82, 2.24) is 9.97 Å². The van der Waals surface area contributed by atoms with Crippen LogP contribution in [0.15, 0.2) is 54.7 Å². The molecule has 0 aliphatic heterocycles. The second-order valence-electron chi connectivity index (χ2n) is 4.43. The van der Waals surface area contributed by atoms with Crippen molar-refractivity contribution in [3.05, 3.63) is 60.4 Å². The maximum absolute atomic E-state index is 12.2. The molecule has 1 heterocycles. The molecule has 0 aliphatic carbocycles. The smallest absolute Gasteiger partial charge is 0.275 e. The zero-order chi connectivity index (χ0) is 14.7. The van der Waals surface area contributed by atoms with Crippen LogP contribution in [0, 0.1) is 0 Å². The fraction of sp³-hybridized carbons (Fsp3) is 0.0625. The quantitative estimate of drug-likeness (QED) is 0.800. The Bertz CT molecular complexity index is 785. The number of hydrogen-bond acceptors (Lipinski definition) is 4. The van der Waals surface area contributed by atoms with Crippen LogP contribution in [0.5, 0.6) is 5.75 Å². The lowest BCUT2D eigenvalue weighted by atomic mass is 10.2. The van der Waals surface area contributed by atoms with E-state index < -0.39 is 0 Å². The summed E-state index contributed by atoms with van der Waals surface area (Å²) in [5, 5.41) is 2.78. The number of carbonyl (C=O) groups is 1. The molecule has 0 atom stereocenters. The third kappa shape index (κ3) is 2.81. The number of aromatic nitrogens is 2. The van der Waals surface area contributed by atoms with Gasteiger partial charge in [0.05, 0.1) is 24.3 Å². The highest BCUT2D eigenvalue weighted by Crippen LogP contribution is 2.16. The lowest BCUT2D eigenvalue weighted by Gasteiger charge is -2.06. The number of rotatable bonds is 3. The first kappa shape index (κ1) is 13.1. The number of methoxy groups -OCH3 is 1. The van der Waals surface area contributed by atoms with Gasteiger partial charge in [0.25, 0.3) is 5.91 Å². The number of fused-ring (bicyclic) bond motifs is 1. The summed E-state index contributed by atoms with van der Waals surface area (Å²) in [6.07, 6.45) is 1.47. The molecule has 0 fully saturated rings. The molecule has 3 aromatic rings. The lowest BCUT2D eigenvalue weighted by Crippen LogP contribution is -2.14. The molecule has 1 aromatic heterocycles. The highest BCUT2D eigenvalue weighted by Gasteiger charge is 2.09. The predicted octanol–water partition coefficient (Wildman–Crippen LogP) is 2.89. The number of para-hydroxylation sites is 2. The van der Waals surface area contributed by atoms with Crippen molar-refractivity contribution in [2.75, 3.05) is 12.4 Å². The van der Waals surface area contributed by atoms with Crippen LogP contribution in [0.1, 0.15) is 10.5 Å². The van der Waals surface area contributed by atoms with E-state index in [9.17, 15) is 4.79 Å². The van der Waals surface area contributed by atoms with E-state index in [1.807, 2.05) is 24.3 Å². The van der Waals surface area contributed by atoms with Crippen LogP contribution >= 0.6 is 0 Å². The number of ether oxygens (including phenoxy) is 1. The Morgan fingerprint density at radius 2 is 1.76 bits per heavy atom. The van der Waals surface area contributed by atoms with E-state index in [-0.39, 0.29) is 11.6 Å². The van der Waals surface area contributed by atoms with E-state index in [0.717, 1.165) is 11.3 Å². The van der Waals surface area contributed by atoms with Gasteiger partial charge in [-0.15, -0.1) is 0 Å². The molecule has 2 aromatic carbocycles. The van der Waals surface area contributed by atoms with Crippen molar-refractivity contribution in [2.45, 2.75) is 0 Å². The van der Waals surface area contributed by atoms with Gasteiger partial charge < -0.3 is 10.1 Å². The minimum atomic E-state index is -0.293. The van der Waals surface area contributed by atoms with Crippen molar-refractivity contribution < 1.29 is 9.53 Å². The van der Waals surface area contributed by atoms with Gasteiger partial charge in [0.15, 0.2) is 0 Å². The largest absolute Gasteiger partial charge is 0.497 e. The first-order valence-corrected chi connectivity index (χ1v) is 6.43. The Hall–Kier alpha value is -2.95. The predicted molar refractivity (Wildman–Crippen MR) is 80.5 cm³/mol. The van der Waals surface area contributed by atoms with Gasteiger partial charge in [0, 0.05) is 5.69 Å². The van der Waals surface area contributed by atoms with Crippen LogP contribution in [-0.2, 0) is 0 Å². The Balaban J connectivity index is 1.82. The molecular weight excluding hydrogens is 266 g/mol. The topological polar surface area (TPSA) is 64.1 Å². The summed E-state index contributed by atoms with van der Waals surface area (Å²) >= 11 is 0. The number of nitrogens with zero attached hydrogens (tertiary/aromatic N) is 2. The van der Waals surface area contributed by atoms with Crippen LogP contribution in [0.25, 0.3) is 11.0 Å². The fourth-order valence-electron chi connectivity index (χ4n) is 1.94. The molecule has 5 nitrogen and oxygen atoms in total. The molecule has 0 saturated carbocycles. The maximum atomic E-state index is 12.2. The van der Waals surface area contributed by atoms with Crippen molar-refractivity contribution in [3.8, 4) is 5.75 Å². The zero-order valence-corrected chi connectivity index (χ0v) is 11.4. The number of carbonyl (C=O) groups excluding carboxylic acids is 1. The van der Waals surface area contributed by atoms with Crippen molar-refractivity contribution >= 4 is 22.6 Å². The number of amides is 1.